The van der Waals surface area contributed by atoms with Crippen LogP contribution in [0.15, 0.2) is 30.3 Å². The molecule has 0 saturated carbocycles. The largest absolute Gasteiger partial charge is 0.412 e. The van der Waals surface area contributed by atoms with Crippen LogP contribution < -0.4 is 5.46 Å². The second-order valence-corrected chi connectivity index (χ2v) is 3.08. The van der Waals surface area contributed by atoms with Crippen molar-refractivity contribution in [2.75, 3.05) is 0 Å². The Morgan fingerprint density at radius 1 is 1.00 bits per heavy atom. The van der Waals surface area contributed by atoms with E-state index < -0.39 is 0 Å². The van der Waals surface area contributed by atoms with E-state index in [4.69, 9.17) is 0 Å². The van der Waals surface area contributed by atoms with Crippen LogP contribution >= 0.6 is 0 Å². The van der Waals surface area contributed by atoms with Crippen molar-refractivity contribution in [1.82, 2.24) is 0 Å². The van der Waals surface area contributed by atoms with E-state index in [9.17, 15) is 0 Å². The standard InChI is InChI=1S/C9H13B.2H2O/c1-8(2)10-9-6-4-3-5-7-9;;/h3-8,10H,1-2H3;2*1H2. The Morgan fingerprint density at radius 3 is 1.92 bits per heavy atom. The smallest absolute Gasteiger partial charge is 0.160 e. The fourth-order valence-electron chi connectivity index (χ4n) is 1.09. The van der Waals surface area contributed by atoms with E-state index in [0.717, 1.165) is 5.82 Å². The quantitative estimate of drug-likeness (QED) is 0.555. The van der Waals surface area contributed by atoms with Gasteiger partial charge in [-0.15, -0.1) is 0 Å². The Bertz CT molecular complexity index is 187. The normalized spacial score (nSPS) is 8.25. The molecule has 68 valence electrons. The van der Waals surface area contributed by atoms with Crippen LogP contribution in [-0.2, 0) is 0 Å². The summed E-state index contributed by atoms with van der Waals surface area (Å²) in [6.45, 7) is 4.49. The molecule has 0 bridgehead atoms. The molecule has 4 N–H and O–H groups in total. The van der Waals surface area contributed by atoms with Gasteiger partial charge in [0.15, 0.2) is 7.28 Å². The molecule has 0 unspecified atom stereocenters. The molecule has 1 aromatic carbocycles. The Morgan fingerprint density at radius 2 is 1.50 bits per heavy atom. The van der Waals surface area contributed by atoms with Gasteiger partial charge >= 0.3 is 0 Å². The molecule has 0 spiro atoms. The molecule has 0 amide bonds. The van der Waals surface area contributed by atoms with E-state index >= 15 is 0 Å². The predicted octanol–water partition coefficient (Wildman–Crippen LogP) is -0.0727. The molecular formula is C9H17BO2. The first-order valence-corrected chi connectivity index (χ1v) is 3.83. The number of rotatable bonds is 2. The van der Waals surface area contributed by atoms with Gasteiger partial charge in [0.05, 0.1) is 0 Å². The first-order valence-electron chi connectivity index (χ1n) is 3.83. The van der Waals surface area contributed by atoms with E-state index in [2.05, 4.69) is 44.2 Å². The van der Waals surface area contributed by atoms with Crippen molar-refractivity contribution in [3.8, 4) is 0 Å². The molecule has 0 heterocycles. The highest BCUT2D eigenvalue weighted by atomic mass is 16.0. The van der Waals surface area contributed by atoms with Crippen molar-refractivity contribution in [3.63, 3.8) is 0 Å². The van der Waals surface area contributed by atoms with Crippen LogP contribution in [0.1, 0.15) is 13.8 Å². The minimum absolute atomic E-state index is 0. The highest BCUT2D eigenvalue weighted by Gasteiger charge is 1.97. The van der Waals surface area contributed by atoms with E-state index in [1.165, 1.54) is 12.7 Å². The summed E-state index contributed by atoms with van der Waals surface area (Å²) >= 11 is 0. The zero-order chi connectivity index (χ0) is 7.40. The molecule has 3 heteroatoms. The third kappa shape index (κ3) is 4.94. The molecule has 0 aliphatic rings. The number of hydrogen-bond acceptors (Lipinski definition) is 0. The van der Waals surface area contributed by atoms with Crippen molar-refractivity contribution >= 4 is 12.7 Å². The fraction of sp³-hybridized carbons (Fsp3) is 0.333. The first kappa shape index (κ1) is 13.8. The minimum atomic E-state index is 0. The lowest BCUT2D eigenvalue weighted by molar-refractivity contribution is 0.823. The maximum atomic E-state index is 2.24. The van der Waals surface area contributed by atoms with Crippen LogP contribution in [0.5, 0.6) is 0 Å². The topological polar surface area (TPSA) is 63.0 Å². The van der Waals surface area contributed by atoms with Crippen LogP contribution in [-0.4, -0.2) is 18.2 Å². The lowest BCUT2D eigenvalue weighted by Crippen LogP contribution is -2.15. The fourth-order valence-corrected chi connectivity index (χ4v) is 1.09. The minimum Gasteiger partial charge on any atom is -0.412 e. The number of benzene rings is 1. The maximum absolute atomic E-state index is 2.24. The van der Waals surface area contributed by atoms with Gasteiger partial charge in [-0.3, -0.25) is 0 Å². The van der Waals surface area contributed by atoms with Gasteiger partial charge in [0.2, 0.25) is 0 Å². The molecule has 0 fully saturated rings. The molecule has 0 saturated heterocycles. The summed E-state index contributed by atoms with van der Waals surface area (Å²) in [6, 6.07) is 10.6. The van der Waals surface area contributed by atoms with Crippen molar-refractivity contribution in [1.29, 1.82) is 0 Å². The maximum Gasteiger partial charge on any atom is 0.160 e. The molecule has 12 heavy (non-hydrogen) atoms. The Labute approximate surface area is 74.5 Å². The molecule has 0 aromatic heterocycles. The van der Waals surface area contributed by atoms with Crippen LogP contribution in [0.25, 0.3) is 0 Å². The van der Waals surface area contributed by atoms with Crippen LogP contribution in [0.2, 0.25) is 5.82 Å². The zero-order valence-corrected chi connectivity index (χ0v) is 7.67. The molecule has 0 aliphatic carbocycles. The zero-order valence-electron chi connectivity index (χ0n) is 7.67. The van der Waals surface area contributed by atoms with Gasteiger partial charge in [0, 0.05) is 0 Å². The summed E-state index contributed by atoms with van der Waals surface area (Å²) in [7, 11) is 1.20. The van der Waals surface area contributed by atoms with Crippen LogP contribution in [0, 0.1) is 0 Å². The van der Waals surface area contributed by atoms with E-state index in [0.29, 0.717) is 0 Å². The van der Waals surface area contributed by atoms with Crippen molar-refractivity contribution in [2.24, 2.45) is 0 Å². The third-order valence-electron chi connectivity index (χ3n) is 1.49. The second-order valence-electron chi connectivity index (χ2n) is 3.08. The van der Waals surface area contributed by atoms with Crippen molar-refractivity contribution in [2.45, 2.75) is 19.7 Å². The van der Waals surface area contributed by atoms with Gasteiger partial charge < -0.3 is 11.0 Å². The van der Waals surface area contributed by atoms with Crippen LogP contribution in [0.4, 0.5) is 0 Å². The molecular weight excluding hydrogens is 151 g/mol. The highest BCUT2D eigenvalue weighted by Crippen LogP contribution is 1.96. The van der Waals surface area contributed by atoms with Gasteiger partial charge in [-0.2, -0.15) is 0 Å². The van der Waals surface area contributed by atoms with Gasteiger partial charge in [-0.25, -0.2) is 0 Å². The average Bonchev–Trinajstić information content (AvgIpc) is 1.88. The predicted molar refractivity (Wildman–Crippen MR) is 55.6 cm³/mol. The van der Waals surface area contributed by atoms with Gasteiger partial charge in [-0.1, -0.05) is 55.5 Å². The van der Waals surface area contributed by atoms with Crippen molar-refractivity contribution < 1.29 is 11.0 Å². The lowest BCUT2D eigenvalue weighted by atomic mass is 9.61. The Balaban J connectivity index is 0. The van der Waals surface area contributed by atoms with E-state index in [-0.39, 0.29) is 11.0 Å². The Hall–Kier alpha value is -0.795. The molecule has 1 aromatic rings. The molecule has 0 radical (unpaired) electrons. The SMILES string of the molecule is CC(C)Bc1ccccc1.O.O. The second kappa shape index (κ2) is 6.89. The molecule has 2 nitrogen and oxygen atoms in total. The first-order chi connectivity index (χ1) is 4.79. The average molecular weight is 168 g/mol. The molecule has 0 atom stereocenters. The summed E-state index contributed by atoms with van der Waals surface area (Å²) in [6.07, 6.45) is 0. The van der Waals surface area contributed by atoms with Gasteiger partial charge in [0.1, 0.15) is 0 Å². The highest BCUT2D eigenvalue weighted by molar-refractivity contribution is 6.54. The summed E-state index contributed by atoms with van der Waals surface area (Å²) < 4.78 is 0. The summed E-state index contributed by atoms with van der Waals surface area (Å²) in [5.74, 6) is 0.766. The van der Waals surface area contributed by atoms with Gasteiger partial charge in [0.25, 0.3) is 0 Å². The van der Waals surface area contributed by atoms with E-state index in [1.54, 1.807) is 0 Å². The van der Waals surface area contributed by atoms with Crippen LogP contribution in [0.3, 0.4) is 0 Å². The summed E-state index contributed by atoms with van der Waals surface area (Å²) in [4.78, 5) is 0. The lowest BCUT2D eigenvalue weighted by Gasteiger charge is -2.00. The van der Waals surface area contributed by atoms with Gasteiger partial charge in [-0.05, 0) is 0 Å². The molecule has 1 rings (SSSR count). The Kier molecular flexibility index (Phi) is 7.90. The van der Waals surface area contributed by atoms with E-state index in [1.807, 2.05) is 0 Å². The summed E-state index contributed by atoms with van der Waals surface area (Å²) in [5, 5.41) is 0. The monoisotopic (exact) mass is 168 g/mol. The van der Waals surface area contributed by atoms with Crippen molar-refractivity contribution in [3.05, 3.63) is 30.3 Å². The molecule has 0 aliphatic heterocycles. The number of hydrogen-bond donors (Lipinski definition) is 0. The third-order valence-corrected chi connectivity index (χ3v) is 1.49. The summed E-state index contributed by atoms with van der Waals surface area (Å²) in [5.41, 5.74) is 1.44.